The van der Waals surface area contributed by atoms with E-state index in [0.717, 1.165) is 9.58 Å². The van der Waals surface area contributed by atoms with Gasteiger partial charge in [-0.25, -0.2) is 13.1 Å². The maximum atomic E-state index is 12.8. The highest BCUT2D eigenvalue weighted by Gasteiger charge is 2.25. The van der Waals surface area contributed by atoms with Crippen molar-refractivity contribution in [3.8, 4) is 0 Å². The molecule has 0 aliphatic heterocycles. The van der Waals surface area contributed by atoms with Crippen LogP contribution >= 0.6 is 22.9 Å². The number of fused-ring (bicyclic) bond motifs is 1. The van der Waals surface area contributed by atoms with Crippen LogP contribution in [-0.4, -0.2) is 13.4 Å². The van der Waals surface area contributed by atoms with Crippen LogP contribution in [0.5, 0.6) is 0 Å². The Bertz CT molecular complexity index is 953. The zero-order valence-corrected chi connectivity index (χ0v) is 15.0. The van der Waals surface area contributed by atoms with Gasteiger partial charge in [0, 0.05) is 26.2 Å². The number of benzene rings is 1. The number of rotatable bonds is 4. The maximum absolute atomic E-state index is 12.8. The monoisotopic (exact) mass is 366 g/mol. The average Bonchev–Trinajstić information content (AvgIpc) is 2.83. The Morgan fingerprint density at radius 1 is 1.26 bits per heavy atom. The second kappa shape index (κ2) is 6.20. The van der Waals surface area contributed by atoms with Crippen LogP contribution < -0.4 is 4.72 Å². The van der Waals surface area contributed by atoms with E-state index >= 15 is 0 Å². The van der Waals surface area contributed by atoms with Gasteiger partial charge < -0.3 is 0 Å². The SMILES string of the molecule is Cc1sc2ccc(Cl)cc2c1S(=O)(=O)N[C@H](C)c1ccccn1. The molecular formula is C16H15ClN2O2S2. The number of hydrogen-bond donors (Lipinski definition) is 1. The fraction of sp³-hybridized carbons (Fsp3) is 0.188. The quantitative estimate of drug-likeness (QED) is 0.749. The number of sulfonamides is 1. The summed E-state index contributed by atoms with van der Waals surface area (Å²) in [5.74, 6) is 0. The largest absolute Gasteiger partial charge is 0.260 e. The van der Waals surface area contributed by atoms with Gasteiger partial charge in [0.1, 0.15) is 4.90 Å². The van der Waals surface area contributed by atoms with Gasteiger partial charge in [0.2, 0.25) is 10.0 Å². The Balaban J connectivity index is 2.03. The van der Waals surface area contributed by atoms with Gasteiger partial charge in [-0.3, -0.25) is 4.98 Å². The van der Waals surface area contributed by atoms with Crippen molar-refractivity contribution in [2.75, 3.05) is 0 Å². The van der Waals surface area contributed by atoms with E-state index in [0.29, 0.717) is 21.0 Å². The molecule has 1 atom stereocenters. The third-order valence-corrected chi connectivity index (χ3v) is 6.68. The van der Waals surface area contributed by atoms with E-state index in [1.165, 1.54) is 11.3 Å². The van der Waals surface area contributed by atoms with E-state index in [1.54, 1.807) is 44.3 Å². The Morgan fingerprint density at radius 2 is 2.04 bits per heavy atom. The van der Waals surface area contributed by atoms with E-state index in [-0.39, 0.29) is 0 Å². The van der Waals surface area contributed by atoms with Gasteiger partial charge >= 0.3 is 0 Å². The number of aromatic nitrogens is 1. The van der Waals surface area contributed by atoms with Crippen molar-refractivity contribution in [2.24, 2.45) is 0 Å². The van der Waals surface area contributed by atoms with Crippen LogP contribution in [0, 0.1) is 6.92 Å². The maximum Gasteiger partial charge on any atom is 0.242 e. The third kappa shape index (κ3) is 3.26. The van der Waals surface area contributed by atoms with E-state index < -0.39 is 16.1 Å². The molecule has 3 rings (SSSR count). The average molecular weight is 367 g/mol. The van der Waals surface area contributed by atoms with Crippen LogP contribution in [0.1, 0.15) is 23.5 Å². The highest BCUT2D eigenvalue weighted by Crippen LogP contribution is 2.36. The molecule has 4 nitrogen and oxygen atoms in total. The van der Waals surface area contributed by atoms with Crippen LogP contribution in [-0.2, 0) is 10.0 Å². The van der Waals surface area contributed by atoms with Crippen molar-refractivity contribution in [2.45, 2.75) is 24.8 Å². The molecule has 7 heteroatoms. The first-order valence-electron chi connectivity index (χ1n) is 7.00. The molecule has 0 aliphatic carbocycles. The molecule has 0 saturated heterocycles. The number of nitrogens with one attached hydrogen (secondary N) is 1. The molecule has 0 aliphatic rings. The number of hydrogen-bond acceptors (Lipinski definition) is 4. The smallest absolute Gasteiger partial charge is 0.242 e. The van der Waals surface area contributed by atoms with Gasteiger partial charge in [-0.05, 0) is 44.2 Å². The molecule has 2 heterocycles. The molecule has 120 valence electrons. The van der Waals surface area contributed by atoms with Gasteiger partial charge in [-0.1, -0.05) is 17.7 Å². The minimum absolute atomic E-state index is 0.294. The van der Waals surface area contributed by atoms with E-state index in [9.17, 15) is 8.42 Å². The van der Waals surface area contributed by atoms with Crippen LogP contribution in [0.2, 0.25) is 5.02 Å². The topological polar surface area (TPSA) is 59.1 Å². The van der Waals surface area contributed by atoms with Crippen LogP contribution in [0.15, 0.2) is 47.5 Å². The van der Waals surface area contributed by atoms with Crippen molar-refractivity contribution < 1.29 is 8.42 Å². The van der Waals surface area contributed by atoms with Gasteiger partial charge in [0.15, 0.2) is 0 Å². The zero-order chi connectivity index (χ0) is 16.6. The molecule has 23 heavy (non-hydrogen) atoms. The molecule has 0 fully saturated rings. The third-order valence-electron chi connectivity index (χ3n) is 3.50. The number of thiophene rings is 1. The fourth-order valence-electron chi connectivity index (χ4n) is 2.49. The van der Waals surface area contributed by atoms with Gasteiger partial charge in [-0.15, -0.1) is 11.3 Å². The molecule has 3 aromatic rings. The molecule has 0 radical (unpaired) electrons. The highest BCUT2D eigenvalue weighted by molar-refractivity contribution is 7.90. The van der Waals surface area contributed by atoms with Crippen LogP contribution in [0.3, 0.4) is 0 Å². The first-order valence-corrected chi connectivity index (χ1v) is 9.68. The number of aryl methyl sites for hydroxylation is 1. The zero-order valence-electron chi connectivity index (χ0n) is 12.6. The van der Waals surface area contributed by atoms with Gasteiger partial charge in [-0.2, -0.15) is 0 Å². The second-order valence-corrected chi connectivity index (χ2v) is 8.57. The first kappa shape index (κ1) is 16.4. The summed E-state index contributed by atoms with van der Waals surface area (Å²) in [5.41, 5.74) is 0.672. The lowest BCUT2D eigenvalue weighted by Gasteiger charge is -2.14. The standard InChI is InChI=1S/C16H15ClN2O2S2/c1-10(14-5-3-4-8-18-14)19-23(20,21)16-11(2)22-15-7-6-12(17)9-13(15)16/h3-10,19H,1-2H3/t10-/m1/s1. The summed E-state index contributed by atoms with van der Waals surface area (Å²) >= 11 is 7.47. The van der Waals surface area contributed by atoms with Crippen molar-refractivity contribution in [3.05, 3.63) is 58.2 Å². The lowest BCUT2D eigenvalue weighted by molar-refractivity contribution is 0.564. The molecule has 0 amide bonds. The predicted molar refractivity (Wildman–Crippen MR) is 94.5 cm³/mol. The Morgan fingerprint density at radius 3 is 2.74 bits per heavy atom. The Kier molecular flexibility index (Phi) is 4.42. The summed E-state index contributed by atoms with van der Waals surface area (Å²) in [6.45, 7) is 3.58. The minimum Gasteiger partial charge on any atom is -0.260 e. The molecule has 0 spiro atoms. The molecule has 1 N–H and O–H groups in total. The predicted octanol–water partition coefficient (Wildman–Crippen LogP) is 4.30. The Labute approximate surface area is 144 Å². The van der Waals surface area contributed by atoms with Crippen molar-refractivity contribution in [3.63, 3.8) is 0 Å². The lowest BCUT2D eigenvalue weighted by atomic mass is 10.2. The summed E-state index contributed by atoms with van der Waals surface area (Å²) in [6, 6.07) is 10.3. The molecular weight excluding hydrogens is 352 g/mol. The van der Waals surface area contributed by atoms with E-state index in [4.69, 9.17) is 11.6 Å². The van der Waals surface area contributed by atoms with Gasteiger partial charge in [0.25, 0.3) is 0 Å². The van der Waals surface area contributed by atoms with Gasteiger partial charge in [0.05, 0.1) is 11.7 Å². The van der Waals surface area contributed by atoms with E-state index in [1.807, 2.05) is 12.1 Å². The lowest BCUT2D eigenvalue weighted by Crippen LogP contribution is -2.27. The molecule has 1 aromatic carbocycles. The molecule has 0 saturated carbocycles. The summed E-state index contributed by atoms with van der Waals surface area (Å²) in [4.78, 5) is 5.23. The van der Waals surface area contributed by atoms with Crippen LogP contribution in [0.25, 0.3) is 10.1 Å². The van der Waals surface area contributed by atoms with Crippen molar-refractivity contribution in [1.82, 2.24) is 9.71 Å². The minimum atomic E-state index is -3.68. The Hall–Kier alpha value is -1.47. The highest BCUT2D eigenvalue weighted by atomic mass is 35.5. The molecule has 2 aromatic heterocycles. The number of halogens is 1. The van der Waals surface area contributed by atoms with E-state index in [2.05, 4.69) is 9.71 Å². The fourth-order valence-corrected chi connectivity index (χ4v) is 5.66. The first-order chi connectivity index (χ1) is 10.9. The molecule has 0 unspecified atom stereocenters. The van der Waals surface area contributed by atoms with Crippen LogP contribution in [0.4, 0.5) is 0 Å². The summed E-state index contributed by atoms with van der Waals surface area (Å²) in [5, 5.41) is 1.17. The molecule has 0 bridgehead atoms. The number of nitrogens with zero attached hydrogens (tertiary/aromatic N) is 1. The summed E-state index contributed by atoms with van der Waals surface area (Å²) in [6.07, 6.45) is 1.64. The normalized spacial score (nSPS) is 13.3. The van der Waals surface area contributed by atoms with Crippen molar-refractivity contribution in [1.29, 1.82) is 0 Å². The summed E-state index contributed by atoms with van der Waals surface area (Å²) < 4.78 is 29.3. The summed E-state index contributed by atoms with van der Waals surface area (Å²) in [7, 11) is -3.68. The van der Waals surface area contributed by atoms with Crippen molar-refractivity contribution >= 4 is 43.0 Å². The number of pyridine rings is 1. The second-order valence-electron chi connectivity index (χ2n) is 5.23.